The molecule has 0 aliphatic heterocycles. The van der Waals surface area contributed by atoms with Crippen LogP contribution in [0, 0.1) is 0 Å². The average molecular weight is 275 g/mol. The summed E-state index contributed by atoms with van der Waals surface area (Å²) >= 11 is 0. The summed E-state index contributed by atoms with van der Waals surface area (Å²) in [5.41, 5.74) is 5.38. The zero-order valence-electron chi connectivity index (χ0n) is 11.0. The molecule has 2 amide bonds. The quantitative estimate of drug-likeness (QED) is 0.353. The van der Waals surface area contributed by atoms with Crippen LogP contribution in [0.15, 0.2) is 0 Å². The first kappa shape index (κ1) is 17.3. The summed E-state index contributed by atoms with van der Waals surface area (Å²) < 4.78 is 0. The average Bonchev–Trinajstić information content (AvgIpc) is 2.32. The Bertz CT molecular complexity index is 332. The van der Waals surface area contributed by atoms with Crippen molar-refractivity contribution in [3.63, 3.8) is 0 Å². The van der Waals surface area contributed by atoms with Crippen LogP contribution in [0.4, 0.5) is 0 Å². The van der Waals surface area contributed by atoms with Gasteiger partial charge in [-0.15, -0.1) is 0 Å². The summed E-state index contributed by atoms with van der Waals surface area (Å²) in [6.07, 6.45) is -1.15. The van der Waals surface area contributed by atoms with Gasteiger partial charge in [0.05, 0.1) is 6.10 Å². The molecule has 8 heteroatoms. The van der Waals surface area contributed by atoms with Crippen molar-refractivity contribution in [1.29, 1.82) is 0 Å². The smallest absolute Gasteiger partial charge is 0.326 e. The van der Waals surface area contributed by atoms with Crippen LogP contribution in [0.3, 0.4) is 0 Å². The predicted molar refractivity (Wildman–Crippen MR) is 67.1 cm³/mol. The van der Waals surface area contributed by atoms with E-state index in [9.17, 15) is 14.4 Å². The van der Waals surface area contributed by atoms with Crippen molar-refractivity contribution >= 4 is 17.8 Å². The molecule has 0 aromatic carbocycles. The third-order valence-electron chi connectivity index (χ3n) is 2.47. The van der Waals surface area contributed by atoms with Gasteiger partial charge in [-0.3, -0.25) is 9.59 Å². The molecule has 3 atom stereocenters. The largest absolute Gasteiger partial charge is 0.480 e. The number of rotatable bonds is 8. The molecule has 110 valence electrons. The van der Waals surface area contributed by atoms with Crippen LogP contribution < -0.4 is 16.4 Å². The molecule has 0 aliphatic carbocycles. The highest BCUT2D eigenvalue weighted by Crippen LogP contribution is 2.00. The van der Waals surface area contributed by atoms with Gasteiger partial charge < -0.3 is 26.6 Å². The molecule has 0 aliphatic rings. The molecule has 0 radical (unpaired) electrons. The molecule has 0 spiro atoms. The summed E-state index contributed by atoms with van der Waals surface area (Å²) in [7, 11) is 0. The molecule has 0 saturated heterocycles. The molecule has 0 rings (SSSR count). The number of aliphatic carboxylic acids is 1. The first-order valence-corrected chi connectivity index (χ1v) is 6.03. The van der Waals surface area contributed by atoms with Crippen LogP contribution in [0.5, 0.6) is 0 Å². The molecule has 0 fully saturated rings. The van der Waals surface area contributed by atoms with Gasteiger partial charge in [-0.25, -0.2) is 4.79 Å². The lowest BCUT2D eigenvalue weighted by Crippen LogP contribution is -2.52. The third-order valence-corrected chi connectivity index (χ3v) is 2.47. The lowest BCUT2D eigenvalue weighted by molar-refractivity contribution is -0.142. The molecule has 0 aromatic heterocycles. The Labute approximate surface area is 111 Å². The van der Waals surface area contributed by atoms with Gasteiger partial charge in [0.15, 0.2) is 0 Å². The first-order valence-electron chi connectivity index (χ1n) is 6.03. The van der Waals surface area contributed by atoms with E-state index in [0.717, 1.165) is 0 Å². The molecule has 0 saturated carbocycles. The second-order valence-corrected chi connectivity index (χ2v) is 4.16. The molecule has 0 aromatic rings. The minimum atomic E-state index is -1.25. The molecule has 0 unspecified atom stereocenters. The predicted octanol–water partition coefficient (Wildman–Crippen LogP) is -1.82. The number of hydrogen-bond acceptors (Lipinski definition) is 5. The fourth-order valence-electron chi connectivity index (χ4n) is 1.31. The van der Waals surface area contributed by atoms with E-state index in [2.05, 4.69) is 10.6 Å². The number of aliphatic hydroxyl groups excluding tert-OH is 1. The summed E-state index contributed by atoms with van der Waals surface area (Å²) in [5.74, 6) is -2.31. The molecule has 0 bridgehead atoms. The van der Waals surface area contributed by atoms with Crippen LogP contribution in [0.25, 0.3) is 0 Å². The zero-order chi connectivity index (χ0) is 15.0. The number of nitrogens with two attached hydrogens (primary N) is 1. The van der Waals surface area contributed by atoms with E-state index in [1.807, 2.05) is 0 Å². The van der Waals surface area contributed by atoms with E-state index < -0.39 is 30.1 Å². The summed E-state index contributed by atoms with van der Waals surface area (Å²) in [6, 6.07) is -2.41. The van der Waals surface area contributed by atoms with E-state index in [-0.39, 0.29) is 18.7 Å². The van der Waals surface area contributed by atoms with Crippen molar-refractivity contribution in [3.05, 3.63) is 0 Å². The van der Waals surface area contributed by atoms with Crippen molar-refractivity contribution in [2.24, 2.45) is 5.73 Å². The number of carboxylic acid groups (broad SMARTS) is 1. The SMILES string of the molecule is CCNC(=O)CC[C@H](NC(=O)[C@@H](N)[C@@H](C)O)C(=O)O. The van der Waals surface area contributed by atoms with Crippen LogP contribution in [-0.4, -0.2) is 52.7 Å². The maximum atomic E-state index is 11.5. The number of nitrogens with one attached hydrogen (secondary N) is 2. The van der Waals surface area contributed by atoms with Gasteiger partial charge >= 0.3 is 5.97 Å². The topological polar surface area (TPSA) is 142 Å². The number of aliphatic hydroxyl groups is 1. The van der Waals surface area contributed by atoms with Crippen LogP contribution >= 0.6 is 0 Å². The molecule has 6 N–H and O–H groups in total. The van der Waals surface area contributed by atoms with Gasteiger partial charge in [-0.1, -0.05) is 0 Å². The van der Waals surface area contributed by atoms with Crippen molar-refractivity contribution < 1.29 is 24.6 Å². The number of amides is 2. The standard InChI is InChI=1S/C11H21N3O5/c1-3-13-8(16)5-4-7(11(18)19)14-10(17)9(12)6(2)15/h6-7,9,15H,3-5,12H2,1-2H3,(H,13,16)(H,14,17)(H,18,19)/t6-,7+,9+/m1/s1. The van der Waals surface area contributed by atoms with Crippen molar-refractivity contribution in [1.82, 2.24) is 10.6 Å². The Kier molecular flexibility index (Phi) is 7.69. The Morgan fingerprint density at radius 3 is 2.32 bits per heavy atom. The minimum Gasteiger partial charge on any atom is -0.480 e. The normalized spacial score (nSPS) is 15.2. The highest BCUT2D eigenvalue weighted by molar-refractivity contribution is 5.87. The Balaban J connectivity index is 4.38. The monoisotopic (exact) mass is 275 g/mol. The van der Waals surface area contributed by atoms with Crippen LogP contribution in [0.2, 0.25) is 0 Å². The first-order chi connectivity index (χ1) is 8.79. The van der Waals surface area contributed by atoms with E-state index in [1.165, 1.54) is 6.92 Å². The summed E-state index contributed by atoms with van der Waals surface area (Å²) in [6.45, 7) is 3.53. The van der Waals surface area contributed by atoms with Gasteiger partial charge in [0.1, 0.15) is 12.1 Å². The fourth-order valence-corrected chi connectivity index (χ4v) is 1.31. The minimum absolute atomic E-state index is 0.0188. The summed E-state index contributed by atoms with van der Waals surface area (Å²) in [5, 5.41) is 22.8. The van der Waals surface area contributed by atoms with E-state index >= 15 is 0 Å². The van der Waals surface area contributed by atoms with E-state index in [4.69, 9.17) is 15.9 Å². The van der Waals surface area contributed by atoms with Gasteiger partial charge in [0.2, 0.25) is 11.8 Å². The second-order valence-electron chi connectivity index (χ2n) is 4.16. The molecule has 19 heavy (non-hydrogen) atoms. The Hall–Kier alpha value is -1.67. The van der Waals surface area contributed by atoms with Gasteiger partial charge in [-0.2, -0.15) is 0 Å². The summed E-state index contributed by atoms with van der Waals surface area (Å²) in [4.78, 5) is 33.7. The number of carbonyl (C=O) groups excluding carboxylic acids is 2. The number of carbonyl (C=O) groups is 3. The van der Waals surface area contributed by atoms with Crippen LogP contribution in [-0.2, 0) is 14.4 Å². The zero-order valence-corrected chi connectivity index (χ0v) is 11.0. The fraction of sp³-hybridized carbons (Fsp3) is 0.727. The van der Waals surface area contributed by atoms with Gasteiger partial charge in [0, 0.05) is 13.0 Å². The maximum absolute atomic E-state index is 11.5. The van der Waals surface area contributed by atoms with Crippen molar-refractivity contribution in [2.75, 3.05) is 6.54 Å². The lowest BCUT2D eigenvalue weighted by Gasteiger charge is -2.19. The second kappa shape index (κ2) is 8.44. The molecule has 8 nitrogen and oxygen atoms in total. The van der Waals surface area contributed by atoms with Gasteiger partial charge in [-0.05, 0) is 20.3 Å². The lowest BCUT2D eigenvalue weighted by atomic mass is 10.1. The van der Waals surface area contributed by atoms with E-state index in [1.54, 1.807) is 6.92 Å². The maximum Gasteiger partial charge on any atom is 0.326 e. The third kappa shape index (κ3) is 6.73. The Morgan fingerprint density at radius 1 is 1.32 bits per heavy atom. The van der Waals surface area contributed by atoms with E-state index in [0.29, 0.717) is 6.54 Å². The highest BCUT2D eigenvalue weighted by Gasteiger charge is 2.25. The molecular formula is C11H21N3O5. The molecule has 0 heterocycles. The Morgan fingerprint density at radius 2 is 1.89 bits per heavy atom. The van der Waals surface area contributed by atoms with Crippen molar-refractivity contribution in [2.45, 2.75) is 44.9 Å². The van der Waals surface area contributed by atoms with Gasteiger partial charge in [0.25, 0.3) is 0 Å². The number of hydrogen-bond donors (Lipinski definition) is 5. The van der Waals surface area contributed by atoms with Crippen LogP contribution in [0.1, 0.15) is 26.7 Å². The highest BCUT2D eigenvalue weighted by atomic mass is 16.4. The number of carboxylic acids is 1. The van der Waals surface area contributed by atoms with Crippen molar-refractivity contribution in [3.8, 4) is 0 Å². The molecular weight excluding hydrogens is 254 g/mol.